The van der Waals surface area contributed by atoms with Crippen molar-refractivity contribution in [3.63, 3.8) is 0 Å². The van der Waals surface area contributed by atoms with E-state index in [2.05, 4.69) is 18.1 Å². The largest absolute Gasteiger partial charge is 0.490 e. The van der Waals surface area contributed by atoms with Gasteiger partial charge in [-0.2, -0.15) is 13.6 Å². The van der Waals surface area contributed by atoms with Crippen LogP contribution in [0.5, 0.6) is 0 Å². The normalized spacial score (nSPS) is 27.7. The molecule has 0 spiro atoms. The summed E-state index contributed by atoms with van der Waals surface area (Å²) in [5.41, 5.74) is 2.38. The van der Waals surface area contributed by atoms with E-state index in [4.69, 9.17) is 36.8 Å². The number of nitrogens with two attached hydrogens (primary N) is 1. The number of hydrogen-bond acceptors (Lipinski definition) is 11. The molecule has 21 heteroatoms. The van der Waals surface area contributed by atoms with E-state index in [1.807, 2.05) is 0 Å². The van der Waals surface area contributed by atoms with Gasteiger partial charge in [0, 0.05) is 12.6 Å². The van der Waals surface area contributed by atoms with Crippen LogP contribution < -0.4 is 11.4 Å². The monoisotopic (exact) mass is 547 g/mol. The molecule has 0 radical (unpaired) electrons. The third-order valence-electron chi connectivity index (χ3n) is 3.98. The Balaban J connectivity index is 2.09. The van der Waals surface area contributed by atoms with Crippen molar-refractivity contribution in [3.05, 3.63) is 22.5 Å². The van der Waals surface area contributed by atoms with Crippen molar-refractivity contribution >= 4 is 40.9 Å². The van der Waals surface area contributed by atoms with Gasteiger partial charge in [-0.05, 0) is 0 Å². The Morgan fingerprint density at radius 1 is 1.28 bits per heavy atom. The maximum Gasteiger partial charge on any atom is 0.490 e. The highest BCUT2D eigenvalue weighted by Gasteiger charge is 2.50. The Morgan fingerprint density at radius 2 is 1.91 bits per heavy atom. The summed E-state index contributed by atoms with van der Waals surface area (Å²) in [6.45, 7) is -1.34. The molecule has 1 fully saturated rings. The molecule has 0 bridgehead atoms. The smallest absolute Gasteiger partial charge is 0.390 e. The maximum absolute atomic E-state index is 13.6. The predicted octanol–water partition coefficient (Wildman–Crippen LogP) is -0.565. The van der Waals surface area contributed by atoms with Crippen LogP contribution in [-0.2, 0) is 38.1 Å². The predicted molar refractivity (Wildman–Crippen MR) is 102 cm³/mol. The molecule has 0 amide bonds. The van der Waals surface area contributed by atoms with Crippen LogP contribution in [0, 0.1) is 5.82 Å². The number of phosphoric ester groups is 1. The first-order valence-electron chi connectivity index (χ1n) is 8.20. The van der Waals surface area contributed by atoms with Crippen LogP contribution in [0.4, 0.5) is 10.2 Å². The van der Waals surface area contributed by atoms with Gasteiger partial charge in [-0.25, -0.2) is 22.9 Å². The molecule has 1 aliphatic heterocycles. The lowest BCUT2D eigenvalue weighted by molar-refractivity contribution is -0.0965. The van der Waals surface area contributed by atoms with E-state index in [0.29, 0.717) is 0 Å². The molecule has 16 nitrogen and oxygen atoms in total. The fourth-order valence-corrected chi connectivity index (χ4v) is 6.04. The molecule has 1 aromatic heterocycles. The molecule has 5 atom stereocenters. The number of nitrogen functional groups attached to an aromatic ring is 1. The standard InChI is InChI=1S/C11H18ClFN3O13P3/c12-4-11(5-26-31(22,23)29-32(24,25)28-30(19,20)21)8(17)1-6(27-11)2-16-3-7(13)9(14)15-10(16)18/h3,6,8,17H,1-2,4-5H2,(H,22,23)(H,24,25)(H2,14,15,18)(H2,19,20,21)/t6-,8+,11-/m1/s1. The highest BCUT2D eigenvalue weighted by molar-refractivity contribution is 7.66. The number of aliphatic hydroxyl groups excluding tert-OH is 1. The third-order valence-corrected chi connectivity index (χ3v) is 8.22. The van der Waals surface area contributed by atoms with E-state index in [1.54, 1.807) is 0 Å². The zero-order chi connectivity index (χ0) is 24.5. The number of ether oxygens (including phenoxy) is 1. The Bertz CT molecular complexity index is 1050. The summed E-state index contributed by atoms with van der Waals surface area (Å²) in [6.07, 6.45) is -1.90. The number of halogens is 2. The van der Waals surface area contributed by atoms with Crippen molar-refractivity contribution in [1.29, 1.82) is 0 Å². The summed E-state index contributed by atoms with van der Waals surface area (Å²) >= 11 is 5.79. The van der Waals surface area contributed by atoms with Gasteiger partial charge >= 0.3 is 29.2 Å². The minimum Gasteiger partial charge on any atom is -0.390 e. The third kappa shape index (κ3) is 7.37. The summed E-state index contributed by atoms with van der Waals surface area (Å²) in [4.78, 5) is 50.8. The lowest BCUT2D eigenvalue weighted by atomic mass is 9.99. The second-order valence-electron chi connectivity index (χ2n) is 6.46. The molecule has 184 valence electrons. The Labute approximate surface area is 183 Å². The van der Waals surface area contributed by atoms with Crippen LogP contribution in [0.25, 0.3) is 0 Å². The Kier molecular flexibility index (Phi) is 8.45. The minimum absolute atomic E-state index is 0.203. The van der Waals surface area contributed by atoms with Crippen LogP contribution in [0.1, 0.15) is 6.42 Å². The van der Waals surface area contributed by atoms with Gasteiger partial charge in [0.25, 0.3) is 0 Å². The van der Waals surface area contributed by atoms with E-state index in [1.165, 1.54) is 0 Å². The number of anilines is 1. The minimum atomic E-state index is -5.74. The molecular weight excluding hydrogens is 530 g/mol. The second kappa shape index (κ2) is 9.84. The number of aliphatic hydroxyl groups is 1. The van der Waals surface area contributed by atoms with Crippen LogP contribution in [-0.4, -0.2) is 64.5 Å². The van der Waals surface area contributed by atoms with Crippen molar-refractivity contribution in [2.24, 2.45) is 0 Å². The maximum atomic E-state index is 13.6. The number of rotatable bonds is 10. The first kappa shape index (κ1) is 27.5. The number of nitrogens with zero attached hydrogens (tertiary/aromatic N) is 2. The molecule has 2 unspecified atom stereocenters. The fourth-order valence-electron chi connectivity index (χ4n) is 2.65. The van der Waals surface area contributed by atoms with Gasteiger partial charge in [0.1, 0.15) is 5.60 Å². The SMILES string of the molecule is Nc1nc(=O)n(C[C@H]2C[C@H](O)[C@@](CCl)(COP(=O)(O)OP(=O)(O)OP(=O)(O)O)O2)cc1F. The lowest BCUT2D eigenvalue weighted by Gasteiger charge is -2.30. The quantitative estimate of drug-likeness (QED) is 0.158. The second-order valence-corrected chi connectivity index (χ2v) is 11.2. The van der Waals surface area contributed by atoms with Crippen molar-refractivity contribution in [2.45, 2.75) is 30.8 Å². The van der Waals surface area contributed by atoms with E-state index in [9.17, 15) is 32.9 Å². The molecule has 1 saturated heterocycles. The first-order chi connectivity index (χ1) is 14.5. The molecule has 2 heterocycles. The highest BCUT2D eigenvalue weighted by atomic mass is 35.5. The number of alkyl halides is 1. The van der Waals surface area contributed by atoms with Crippen molar-refractivity contribution in [2.75, 3.05) is 18.2 Å². The summed E-state index contributed by atoms with van der Waals surface area (Å²) in [6, 6.07) is 0. The number of phosphoric acid groups is 3. The van der Waals surface area contributed by atoms with Gasteiger partial charge in [-0.15, -0.1) is 11.6 Å². The van der Waals surface area contributed by atoms with Gasteiger partial charge in [-0.1, -0.05) is 0 Å². The highest BCUT2D eigenvalue weighted by Crippen LogP contribution is 2.66. The molecular formula is C11H18ClFN3O13P3. The van der Waals surface area contributed by atoms with Crippen LogP contribution in [0.15, 0.2) is 11.0 Å². The molecule has 1 aliphatic rings. The van der Waals surface area contributed by atoms with Gasteiger partial charge in [0.05, 0.1) is 31.2 Å². The topological polar surface area (TPSA) is 250 Å². The molecule has 0 aromatic carbocycles. The lowest BCUT2D eigenvalue weighted by Crippen LogP contribution is -2.46. The zero-order valence-corrected chi connectivity index (χ0v) is 19.1. The van der Waals surface area contributed by atoms with E-state index < -0.39 is 71.1 Å². The van der Waals surface area contributed by atoms with Gasteiger partial charge in [0.15, 0.2) is 11.6 Å². The molecule has 2 rings (SSSR count). The fraction of sp³-hybridized carbons (Fsp3) is 0.636. The Hall–Kier alpha value is -0.770. The molecule has 0 saturated carbocycles. The van der Waals surface area contributed by atoms with Gasteiger partial charge in [0.2, 0.25) is 0 Å². The summed E-state index contributed by atoms with van der Waals surface area (Å²) in [5.74, 6) is -2.16. The summed E-state index contributed by atoms with van der Waals surface area (Å²) in [7, 11) is -16.8. The van der Waals surface area contributed by atoms with Crippen molar-refractivity contribution in [1.82, 2.24) is 9.55 Å². The summed E-state index contributed by atoms with van der Waals surface area (Å²) < 4.78 is 65.4. The average Bonchev–Trinajstić information content (AvgIpc) is 2.90. The van der Waals surface area contributed by atoms with Crippen LogP contribution in [0.3, 0.4) is 0 Å². The summed E-state index contributed by atoms with van der Waals surface area (Å²) in [5, 5.41) is 10.3. The molecule has 1 aromatic rings. The van der Waals surface area contributed by atoms with E-state index >= 15 is 0 Å². The first-order valence-corrected chi connectivity index (χ1v) is 13.3. The Morgan fingerprint density at radius 3 is 2.47 bits per heavy atom. The average molecular weight is 548 g/mol. The van der Waals surface area contributed by atoms with Gasteiger partial charge < -0.3 is 35.2 Å². The van der Waals surface area contributed by atoms with Gasteiger partial charge in [-0.3, -0.25) is 9.09 Å². The number of hydrogen-bond donors (Lipinski definition) is 6. The molecule has 7 N–H and O–H groups in total. The van der Waals surface area contributed by atoms with E-state index in [-0.39, 0.29) is 13.0 Å². The molecule has 0 aliphatic carbocycles. The van der Waals surface area contributed by atoms with Crippen LogP contribution in [0.2, 0.25) is 0 Å². The zero-order valence-electron chi connectivity index (χ0n) is 15.6. The number of aromatic nitrogens is 2. The van der Waals surface area contributed by atoms with Crippen molar-refractivity contribution in [3.8, 4) is 0 Å². The van der Waals surface area contributed by atoms with Crippen molar-refractivity contribution < 1.29 is 60.6 Å². The molecule has 32 heavy (non-hydrogen) atoms. The van der Waals surface area contributed by atoms with E-state index in [0.717, 1.165) is 10.8 Å². The van der Waals surface area contributed by atoms with Crippen LogP contribution >= 0.6 is 35.1 Å².